The van der Waals surface area contributed by atoms with Crippen LogP contribution in [-0.2, 0) is 13.3 Å². The lowest BCUT2D eigenvalue weighted by Crippen LogP contribution is -2.56. The van der Waals surface area contributed by atoms with E-state index in [-0.39, 0.29) is 28.9 Å². The molecule has 0 fully saturated rings. The lowest BCUT2D eigenvalue weighted by atomic mass is 10.3. The Bertz CT molecular complexity index is 255. The summed E-state index contributed by atoms with van der Waals surface area (Å²) >= 11 is 4.97. The highest BCUT2D eigenvalue weighted by Gasteiger charge is 2.53. The molecule has 0 rings (SSSR count). The van der Waals surface area contributed by atoms with Crippen molar-refractivity contribution in [2.45, 2.75) is 78.7 Å². The van der Waals surface area contributed by atoms with Crippen molar-refractivity contribution in [2.75, 3.05) is 0 Å². The van der Waals surface area contributed by atoms with Crippen LogP contribution in [0.1, 0.15) is 54.9 Å². The van der Waals surface area contributed by atoms with Gasteiger partial charge in [-0.25, -0.2) is 0 Å². The van der Waals surface area contributed by atoms with Crippen molar-refractivity contribution in [3.8, 4) is 0 Å². The van der Waals surface area contributed by atoms with Gasteiger partial charge in [-0.3, -0.25) is 0 Å². The van der Waals surface area contributed by atoms with Crippen molar-refractivity contribution < 1.29 is 18.4 Å². The van der Waals surface area contributed by atoms with E-state index in [1.54, 1.807) is 0 Å². The molecule has 0 aliphatic heterocycles. The maximum absolute atomic E-state index is 9.81. The number of rotatable bonds is 9. The fraction of sp³-hybridized carbons (Fsp3) is 0.923. The van der Waals surface area contributed by atoms with Gasteiger partial charge >= 0.3 is 8.80 Å². The summed E-state index contributed by atoms with van der Waals surface area (Å²) in [5.41, 5.74) is -0.366. The van der Waals surface area contributed by atoms with Gasteiger partial charge in [0.25, 0.3) is 0 Å². The molecule has 0 saturated carbocycles. The number of thiocarbonyl (C=S) groups is 1. The molecule has 0 heterocycles. The molecular weight excluding hydrogens is 280 g/mol. The van der Waals surface area contributed by atoms with E-state index >= 15 is 0 Å². The predicted octanol–water partition coefficient (Wildman–Crippen LogP) is 3.87. The van der Waals surface area contributed by atoms with Crippen molar-refractivity contribution >= 4 is 26.1 Å². The van der Waals surface area contributed by atoms with Crippen molar-refractivity contribution in [1.29, 1.82) is 0 Å². The van der Waals surface area contributed by atoms with Crippen LogP contribution in [0.15, 0.2) is 0 Å². The van der Waals surface area contributed by atoms with Crippen molar-refractivity contribution in [3.05, 3.63) is 0 Å². The second kappa shape index (κ2) is 8.31. The average molecular weight is 309 g/mol. The van der Waals surface area contributed by atoms with Crippen LogP contribution in [0.25, 0.3) is 0 Å². The normalized spacial score (nSPS) is 14.4. The van der Waals surface area contributed by atoms with E-state index in [2.05, 4.69) is 0 Å². The largest absolute Gasteiger partial charge is 0.513 e. The molecule has 1 atom stereocenters. The summed E-state index contributed by atoms with van der Waals surface area (Å²) in [6, 6.07) is 0. The van der Waals surface area contributed by atoms with Gasteiger partial charge in [-0.05, 0) is 60.2 Å². The maximum Gasteiger partial charge on any atom is 0.513 e. The zero-order valence-corrected chi connectivity index (χ0v) is 14.9. The molecule has 0 aromatic rings. The molecule has 19 heavy (non-hydrogen) atoms. The smallest absolute Gasteiger partial charge is 0.502 e. The van der Waals surface area contributed by atoms with Crippen LogP contribution < -0.4 is 0 Å². The number of hydrogen-bond donors (Lipinski definition) is 1. The van der Waals surface area contributed by atoms with Crippen molar-refractivity contribution in [1.82, 2.24) is 0 Å². The van der Waals surface area contributed by atoms with E-state index in [1.165, 1.54) is 0 Å². The summed E-state index contributed by atoms with van der Waals surface area (Å²) in [6.45, 7) is 13.5. The summed E-state index contributed by atoms with van der Waals surface area (Å²) in [5, 5.41) is 9.73. The van der Waals surface area contributed by atoms with Gasteiger partial charge in [-0.1, -0.05) is 6.92 Å². The Balaban J connectivity index is 5.48. The summed E-state index contributed by atoms with van der Waals surface area (Å²) in [5.74, 6) is 0. The van der Waals surface area contributed by atoms with Gasteiger partial charge in [-0.2, -0.15) is 0 Å². The Labute approximate surface area is 123 Å². The third-order valence-electron chi connectivity index (χ3n) is 2.33. The molecule has 0 radical (unpaired) electrons. The van der Waals surface area contributed by atoms with E-state index in [9.17, 15) is 5.11 Å². The maximum atomic E-state index is 9.81. The highest BCUT2D eigenvalue weighted by Crippen LogP contribution is 2.33. The van der Waals surface area contributed by atoms with Gasteiger partial charge in [-0.15, -0.1) is 0 Å². The molecule has 0 saturated heterocycles. The van der Waals surface area contributed by atoms with Crippen LogP contribution in [-0.4, -0.2) is 37.3 Å². The average Bonchev–Trinajstić information content (AvgIpc) is 2.12. The number of aliphatic hydroxyl groups is 1. The van der Waals surface area contributed by atoms with Crippen LogP contribution in [0.3, 0.4) is 0 Å². The molecule has 0 aromatic heterocycles. The first kappa shape index (κ1) is 19.0. The van der Waals surface area contributed by atoms with Crippen molar-refractivity contribution in [3.63, 3.8) is 0 Å². The van der Waals surface area contributed by atoms with Gasteiger partial charge in [0.2, 0.25) is 0 Å². The lowest BCUT2D eigenvalue weighted by molar-refractivity contribution is -0.00128. The molecule has 1 N–H and O–H groups in total. The van der Waals surface area contributed by atoms with Crippen LogP contribution in [0, 0.1) is 0 Å². The fourth-order valence-corrected chi connectivity index (χ4v) is 5.92. The molecule has 114 valence electrons. The zero-order valence-electron chi connectivity index (χ0n) is 13.1. The van der Waals surface area contributed by atoms with Gasteiger partial charge in [0.05, 0.1) is 5.54 Å². The molecular formula is C13H28O4SSi. The fourth-order valence-electron chi connectivity index (χ4n) is 1.89. The lowest BCUT2D eigenvalue weighted by Gasteiger charge is -2.38. The van der Waals surface area contributed by atoms with E-state index in [4.69, 9.17) is 25.5 Å². The SMILES string of the molecule is CCC(C(O)=S)[Si](OC(C)C)(OC(C)C)OC(C)C. The summed E-state index contributed by atoms with van der Waals surface area (Å²) < 4.78 is 18.1. The van der Waals surface area contributed by atoms with Crippen LogP contribution in [0.5, 0.6) is 0 Å². The van der Waals surface area contributed by atoms with E-state index in [0.717, 1.165) is 0 Å². The Hall–Kier alpha value is -0.0131. The molecule has 0 spiro atoms. The third-order valence-corrected chi connectivity index (χ3v) is 6.76. The molecule has 0 aliphatic carbocycles. The summed E-state index contributed by atoms with van der Waals surface area (Å²) in [6.07, 6.45) is 0.487. The quantitative estimate of drug-likeness (QED) is 0.517. The van der Waals surface area contributed by atoms with E-state index in [0.29, 0.717) is 6.42 Å². The topological polar surface area (TPSA) is 47.9 Å². The Morgan fingerprint density at radius 1 is 0.947 bits per heavy atom. The van der Waals surface area contributed by atoms with Crippen molar-refractivity contribution in [2.24, 2.45) is 0 Å². The standard InChI is InChI=1S/C13H28O4SSi/c1-8-12(13(14)18)19(15-9(2)3,16-10(4)5)17-11(6)7/h9-12H,8H2,1-7H3,(H,14,18). The predicted molar refractivity (Wildman–Crippen MR) is 83.7 cm³/mol. The highest BCUT2D eigenvalue weighted by atomic mass is 32.1. The minimum Gasteiger partial charge on any atom is -0.502 e. The Kier molecular flexibility index (Phi) is 8.31. The highest BCUT2D eigenvalue weighted by molar-refractivity contribution is 7.80. The third kappa shape index (κ3) is 6.31. The zero-order chi connectivity index (χ0) is 15.2. The molecule has 0 aliphatic rings. The molecule has 0 bridgehead atoms. The van der Waals surface area contributed by atoms with Gasteiger partial charge in [0, 0.05) is 18.3 Å². The Morgan fingerprint density at radius 2 is 1.26 bits per heavy atom. The summed E-state index contributed by atoms with van der Waals surface area (Å²) in [4.78, 5) is 0. The number of hydrogen-bond acceptors (Lipinski definition) is 4. The molecule has 4 nitrogen and oxygen atoms in total. The molecule has 0 amide bonds. The van der Waals surface area contributed by atoms with Gasteiger partial charge < -0.3 is 18.4 Å². The van der Waals surface area contributed by atoms with Gasteiger partial charge in [0.1, 0.15) is 0 Å². The first-order valence-electron chi connectivity index (χ1n) is 6.90. The second-order valence-corrected chi connectivity index (χ2v) is 8.43. The molecule has 0 aromatic carbocycles. The second-order valence-electron chi connectivity index (χ2n) is 5.40. The first-order chi connectivity index (χ1) is 8.64. The van der Waals surface area contributed by atoms with E-state index in [1.807, 2.05) is 48.5 Å². The summed E-state index contributed by atoms with van der Waals surface area (Å²) in [7, 11) is -3.07. The van der Waals surface area contributed by atoms with Crippen LogP contribution in [0.2, 0.25) is 5.54 Å². The first-order valence-corrected chi connectivity index (χ1v) is 9.11. The molecule has 1 unspecified atom stereocenters. The van der Waals surface area contributed by atoms with Crippen LogP contribution in [0.4, 0.5) is 0 Å². The number of aliphatic hydroxyl groups excluding tert-OH is 1. The van der Waals surface area contributed by atoms with Gasteiger partial charge in [0.15, 0.2) is 5.05 Å². The monoisotopic (exact) mass is 308 g/mol. The Morgan fingerprint density at radius 3 is 1.42 bits per heavy atom. The van der Waals surface area contributed by atoms with E-state index < -0.39 is 8.80 Å². The van der Waals surface area contributed by atoms with Crippen LogP contribution >= 0.6 is 12.2 Å². The minimum absolute atomic E-state index is 0.0485. The molecule has 6 heteroatoms. The minimum atomic E-state index is -3.07.